The third kappa shape index (κ3) is 3.69. The van der Waals surface area contributed by atoms with Gasteiger partial charge in [-0.05, 0) is 25.1 Å². The van der Waals surface area contributed by atoms with E-state index in [9.17, 15) is 4.79 Å². The van der Waals surface area contributed by atoms with E-state index in [0.717, 1.165) is 29.7 Å². The van der Waals surface area contributed by atoms with Crippen molar-refractivity contribution < 1.29 is 4.79 Å². The Morgan fingerprint density at radius 1 is 1.53 bits per heavy atom. The summed E-state index contributed by atoms with van der Waals surface area (Å²) in [4.78, 5) is 14.1. The number of carbonyl (C=O) groups excluding carboxylic acids is 1. The van der Waals surface area contributed by atoms with Crippen LogP contribution < -0.4 is 5.32 Å². The molecule has 1 aliphatic heterocycles. The van der Waals surface area contributed by atoms with Crippen LogP contribution in [0.5, 0.6) is 0 Å². The number of piperazine rings is 1. The maximum absolute atomic E-state index is 12.2. The lowest BCUT2D eigenvalue weighted by Crippen LogP contribution is -2.51. The molecule has 94 valence electrons. The van der Waals surface area contributed by atoms with Crippen LogP contribution in [0.3, 0.4) is 0 Å². The molecule has 1 aromatic carbocycles. The molecule has 0 radical (unpaired) electrons. The summed E-state index contributed by atoms with van der Waals surface area (Å²) in [5.74, 6) is 0.120. The smallest absolute Gasteiger partial charge is 0.253 e. The Kier molecular flexibility index (Phi) is 5.43. The molecule has 2 rings (SSSR count). The fraction of sp³-hybridized carbons (Fsp3) is 0.417. The summed E-state index contributed by atoms with van der Waals surface area (Å²) in [5, 5.41) is 3.33. The molecule has 1 amide bonds. The van der Waals surface area contributed by atoms with Gasteiger partial charge in [0.15, 0.2) is 0 Å². The molecule has 1 unspecified atom stereocenters. The van der Waals surface area contributed by atoms with E-state index in [1.807, 2.05) is 29.2 Å². The normalized spacial score (nSPS) is 19.6. The highest BCUT2D eigenvalue weighted by Gasteiger charge is 2.21. The van der Waals surface area contributed by atoms with Crippen molar-refractivity contribution in [1.29, 1.82) is 0 Å². The van der Waals surface area contributed by atoms with Gasteiger partial charge in [0.2, 0.25) is 0 Å². The van der Waals surface area contributed by atoms with E-state index in [2.05, 4.69) is 28.2 Å². The van der Waals surface area contributed by atoms with Gasteiger partial charge in [0, 0.05) is 35.7 Å². The number of rotatable bonds is 1. The molecule has 1 aliphatic rings. The molecule has 0 spiro atoms. The van der Waals surface area contributed by atoms with Gasteiger partial charge in [0.05, 0.1) is 0 Å². The van der Waals surface area contributed by atoms with Crippen LogP contribution in [-0.2, 0) is 0 Å². The van der Waals surface area contributed by atoms with Crippen LogP contribution in [0.1, 0.15) is 17.3 Å². The molecule has 3 nitrogen and oxygen atoms in total. The zero-order valence-corrected chi connectivity index (χ0v) is 12.1. The molecule has 0 aromatic heterocycles. The number of hydrogen-bond donors (Lipinski definition) is 1. The fourth-order valence-corrected chi connectivity index (χ4v) is 2.32. The molecule has 1 atom stereocenters. The van der Waals surface area contributed by atoms with Crippen molar-refractivity contribution in [3.8, 4) is 0 Å². The molecule has 17 heavy (non-hydrogen) atoms. The van der Waals surface area contributed by atoms with Crippen LogP contribution in [0.15, 0.2) is 28.7 Å². The predicted molar refractivity (Wildman–Crippen MR) is 74.8 cm³/mol. The van der Waals surface area contributed by atoms with E-state index in [-0.39, 0.29) is 18.3 Å². The summed E-state index contributed by atoms with van der Waals surface area (Å²) in [6, 6.07) is 7.93. The second-order valence-electron chi connectivity index (χ2n) is 4.12. The summed E-state index contributed by atoms with van der Waals surface area (Å²) >= 11 is 3.38. The Morgan fingerprint density at radius 2 is 2.29 bits per heavy atom. The van der Waals surface area contributed by atoms with Crippen molar-refractivity contribution in [2.75, 3.05) is 19.6 Å². The minimum absolute atomic E-state index is 0. The average Bonchev–Trinajstić information content (AvgIpc) is 2.28. The monoisotopic (exact) mass is 318 g/mol. The van der Waals surface area contributed by atoms with E-state index in [4.69, 9.17) is 0 Å². The van der Waals surface area contributed by atoms with Crippen LogP contribution >= 0.6 is 28.3 Å². The number of carbonyl (C=O) groups is 1. The van der Waals surface area contributed by atoms with Crippen molar-refractivity contribution in [2.24, 2.45) is 0 Å². The zero-order valence-electron chi connectivity index (χ0n) is 9.65. The number of hydrogen-bond acceptors (Lipinski definition) is 2. The minimum atomic E-state index is 0. The number of benzene rings is 1. The lowest BCUT2D eigenvalue weighted by molar-refractivity contribution is 0.0709. The Labute approximate surface area is 116 Å². The Balaban J connectivity index is 0.00000144. The summed E-state index contributed by atoms with van der Waals surface area (Å²) in [6.45, 7) is 4.54. The van der Waals surface area contributed by atoms with Crippen LogP contribution in [0.25, 0.3) is 0 Å². The van der Waals surface area contributed by atoms with Gasteiger partial charge in [-0.3, -0.25) is 4.79 Å². The van der Waals surface area contributed by atoms with Crippen molar-refractivity contribution in [3.63, 3.8) is 0 Å². The largest absolute Gasteiger partial charge is 0.336 e. The first-order chi connectivity index (χ1) is 7.66. The van der Waals surface area contributed by atoms with Gasteiger partial charge in [-0.1, -0.05) is 22.0 Å². The van der Waals surface area contributed by atoms with Gasteiger partial charge in [-0.25, -0.2) is 0 Å². The second kappa shape index (κ2) is 6.38. The fourth-order valence-electron chi connectivity index (χ4n) is 1.92. The maximum Gasteiger partial charge on any atom is 0.253 e. The summed E-state index contributed by atoms with van der Waals surface area (Å²) < 4.78 is 0.946. The third-order valence-corrected chi connectivity index (χ3v) is 3.22. The first-order valence-corrected chi connectivity index (χ1v) is 6.24. The SMILES string of the molecule is CC1CN(C(=O)c2cccc(Br)c2)CCN1.Cl. The lowest BCUT2D eigenvalue weighted by atomic mass is 10.1. The van der Waals surface area contributed by atoms with Crippen LogP contribution in [0.4, 0.5) is 0 Å². The highest BCUT2D eigenvalue weighted by molar-refractivity contribution is 9.10. The Hall–Kier alpha value is -0.580. The van der Waals surface area contributed by atoms with Crippen molar-refractivity contribution >= 4 is 34.2 Å². The van der Waals surface area contributed by atoms with Crippen LogP contribution in [0.2, 0.25) is 0 Å². The second-order valence-corrected chi connectivity index (χ2v) is 5.03. The topological polar surface area (TPSA) is 32.3 Å². The standard InChI is InChI=1S/C12H15BrN2O.ClH/c1-9-8-15(6-5-14-9)12(16)10-3-2-4-11(13)7-10;/h2-4,7,9,14H,5-6,8H2,1H3;1H. The van der Waals surface area contributed by atoms with Gasteiger partial charge >= 0.3 is 0 Å². The van der Waals surface area contributed by atoms with Gasteiger partial charge in [0.25, 0.3) is 5.91 Å². The highest BCUT2D eigenvalue weighted by Crippen LogP contribution is 2.14. The first kappa shape index (κ1) is 14.5. The lowest BCUT2D eigenvalue weighted by Gasteiger charge is -2.32. The number of halogens is 2. The average molecular weight is 320 g/mol. The van der Waals surface area contributed by atoms with Crippen LogP contribution in [-0.4, -0.2) is 36.5 Å². The van der Waals surface area contributed by atoms with E-state index in [0.29, 0.717) is 6.04 Å². The van der Waals surface area contributed by atoms with Gasteiger partial charge in [0.1, 0.15) is 0 Å². The highest BCUT2D eigenvalue weighted by atomic mass is 79.9. The molecule has 1 fully saturated rings. The number of nitrogens with one attached hydrogen (secondary N) is 1. The minimum Gasteiger partial charge on any atom is -0.336 e. The van der Waals surface area contributed by atoms with Crippen molar-refractivity contribution in [3.05, 3.63) is 34.3 Å². The molecule has 1 aromatic rings. The summed E-state index contributed by atoms with van der Waals surface area (Å²) in [6.07, 6.45) is 0. The van der Waals surface area contributed by atoms with Gasteiger partial charge in [-0.2, -0.15) is 0 Å². The quantitative estimate of drug-likeness (QED) is 0.861. The maximum atomic E-state index is 12.2. The summed E-state index contributed by atoms with van der Waals surface area (Å²) in [7, 11) is 0. The molecule has 0 saturated carbocycles. The summed E-state index contributed by atoms with van der Waals surface area (Å²) in [5.41, 5.74) is 0.753. The molecule has 5 heteroatoms. The molecular weight excluding hydrogens is 304 g/mol. The van der Waals surface area contributed by atoms with Crippen LogP contribution in [0, 0.1) is 0 Å². The number of amides is 1. The molecule has 0 bridgehead atoms. The number of nitrogens with zero attached hydrogens (tertiary/aromatic N) is 1. The van der Waals surface area contributed by atoms with E-state index >= 15 is 0 Å². The van der Waals surface area contributed by atoms with E-state index < -0.39 is 0 Å². The van der Waals surface area contributed by atoms with Gasteiger partial charge < -0.3 is 10.2 Å². The Bertz CT molecular complexity index is 400. The van der Waals surface area contributed by atoms with Crippen molar-refractivity contribution in [1.82, 2.24) is 10.2 Å². The Morgan fingerprint density at radius 3 is 2.94 bits per heavy atom. The van der Waals surface area contributed by atoms with E-state index in [1.165, 1.54) is 0 Å². The molecular formula is C12H16BrClN2O. The predicted octanol–water partition coefficient (Wildman–Crippen LogP) is 2.30. The molecule has 0 aliphatic carbocycles. The first-order valence-electron chi connectivity index (χ1n) is 5.45. The molecule has 1 saturated heterocycles. The zero-order chi connectivity index (χ0) is 11.5. The third-order valence-electron chi connectivity index (χ3n) is 2.73. The van der Waals surface area contributed by atoms with Crippen molar-refractivity contribution in [2.45, 2.75) is 13.0 Å². The molecule has 1 heterocycles. The molecule has 1 N–H and O–H groups in total. The van der Waals surface area contributed by atoms with Gasteiger partial charge in [-0.15, -0.1) is 12.4 Å². The van der Waals surface area contributed by atoms with E-state index in [1.54, 1.807) is 0 Å².